The molecule has 6 heteroatoms. The van der Waals surface area contributed by atoms with E-state index in [0.29, 0.717) is 18.4 Å². The smallest absolute Gasteiger partial charge is 0.269 e. The highest BCUT2D eigenvalue weighted by atomic mass is 32.2. The van der Waals surface area contributed by atoms with Crippen molar-refractivity contribution in [3.63, 3.8) is 0 Å². The van der Waals surface area contributed by atoms with E-state index in [1.807, 2.05) is 30.5 Å². The zero-order valence-corrected chi connectivity index (χ0v) is 10.4. The number of hydrogen-bond acceptors (Lipinski definition) is 6. The Morgan fingerprint density at radius 3 is 2.82 bits per heavy atom. The molecule has 1 heterocycles. The fraction of sp³-hybridized carbons (Fsp3) is 0.364. The SMILES string of the molecule is CSC1=NNC(c2ccc(OCCN)cc2)O1. The van der Waals surface area contributed by atoms with Crippen molar-refractivity contribution in [2.24, 2.45) is 10.8 Å². The first-order chi connectivity index (χ1) is 8.33. The summed E-state index contributed by atoms with van der Waals surface area (Å²) < 4.78 is 11.0. The van der Waals surface area contributed by atoms with E-state index in [-0.39, 0.29) is 6.23 Å². The van der Waals surface area contributed by atoms with Gasteiger partial charge in [0.15, 0.2) is 0 Å². The Kier molecular flexibility index (Phi) is 4.11. The van der Waals surface area contributed by atoms with Crippen LogP contribution in [0.5, 0.6) is 5.75 Å². The van der Waals surface area contributed by atoms with Crippen molar-refractivity contribution >= 4 is 17.0 Å². The van der Waals surface area contributed by atoms with Gasteiger partial charge in [0.2, 0.25) is 6.23 Å². The highest BCUT2D eigenvalue weighted by molar-refractivity contribution is 8.12. The zero-order valence-electron chi connectivity index (χ0n) is 9.55. The molecule has 0 radical (unpaired) electrons. The molecule has 1 atom stereocenters. The maximum absolute atomic E-state index is 5.56. The number of thioether (sulfide) groups is 1. The number of benzene rings is 1. The van der Waals surface area contributed by atoms with E-state index in [2.05, 4.69) is 10.5 Å². The van der Waals surface area contributed by atoms with Crippen molar-refractivity contribution in [1.82, 2.24) is 5.43 Å². The minimum atomic E-state index is -0.207. The summed E-state index contributed by atoms with van der Waals surface area (Å²) in [5.41, 5.74) is 9.30. The van der Waals surface area contributed by atoms with Crippen LogP contribution in [0.3, 0.4) is 0 Å². The van der Waals surface area contributed by atoms with Crippen LogP contribution in [0.2, 0.25) is 0 Å². The maximum atomic E-state index is 5.56. The van der Waals surface area contributed by atoms with Crippen LogP contribution in [0, 0.1) is 0 Å². The van der Waals surface area contributed by atoms with E-state index in [9.17, 15) is 0 Å². The van der Waals surface area contributed by atoms with Crippen LogP contribution in [0.1, 0.15) is 11.8 Å². The second-order valence-corrected chi connectivity index (χ2v) is 4.17. The molecule has 3 N–H and O–H groups in total. The van der Waals surface area contributed by atoms with Gasteiger partial charge in [0.25, 0.3) is 5.23 Å². The highest BCUT2D eigenvalue weighted by Gasteiger charge is 2.20. The summed E-state index contributed by atoms with van der Waals surface area (Å²) in [5, 5.41) is 4.69. The average molecular weight is 253 g/mol. The van der Waals surface area contributed by atoms with Crippen molar-refractivity contribution in [3.05, 3.63) is 29.8 Å². The molecule has 0 saturated heterocycles. The van der Waals surface area contributed by atoms with Crippen LogP contribution < -0.4 is 15.9 Å². The van der Waals surface area contributed by atoms with Gasteiger partial charge in [-0.3, -0.25) is 5.43 Å². The molecule has 1 aliphatic rings. The number of rotatable bonds is 4. The van der Waals surface area contributed by atoms with Crippen molar-refractivity contribution in [2.75, 3.05) is 19.4 Å². The fourth-order valence-electron chi connectivity index (χ4n) is 1.42. The van der Waals surface area contributed by atoms with Gasteiger partial charge >= 0.3 is 0 Å². The monoisotopic (exact) mass is 253 g/mol. The van der Waals surface area contributed by atoms with E-state index >= 15 is 0 Å². The van der Waals surface area contributed by atoms with Crippen LogP contribution in [0.25, 0.3) is 0 Å². The number of ether oxygens (including phenoxy) is 2. The summed E-state index contributed by atoms with van der Waals surface area (Å²) >= 11 is 1.47. The van der Waals surface area contributed by atoms with Crippen LogP contribution in [-0.4, -0.2) is 24.6 Å². The van der Waals surface area contributed by atoms with E-state index in [4.69, 9.17) is 15.2 Å². The summed E-state index contributed by atoms with van der Waals surface area (Å²) in [5.74, 6) is 0.809. The van der Waals surface area contributed by atoms with Gasteiger partial charge in [-0.15, -0.1) is 5.10 Å². The Labute approximate surface area is 104 Å². The number of hydrazone groups is 1. The number of nitrogens with two attached hydrogens (primary N) is 1. The molecule has 2 rings (SSSR count). The Hall–Kier alpha value is -1.40. The molecule has 0 spiro atoms. The van der Waals surface area contributed by atoms with Crippen molar-refractivity contribution < 1.29 is 9.47 Å². The molecule has 0 bridgehead atoms. The van der Waals surface area contributed by atoms with Crippen LogP contribution in [0.15, 0.2) is 29.4 Å². The molecular formula is C11H15N3O2S. The van der Waals surface area contributed by atoms with Gasteiger partial charge in [-0.25, -0.2) is 0 Å². The third kappa shape index (κ3) is 3.04. The first-order valence-corrected chi connectivity index (χ1v) is 6.52. The van der Waals surface area contributed by atoms with Gasteiger partial charge in [-0.2, -0.15) is 0 Å². The Morgan fingerprint density at radius 2 is 2.24 bits per heavy atom. The lowest BCUT2D eigenvalue weighted by molar-refractivity contribution is 0.196. The van der Waals surface area contributed by atoms with Gasteiger partial charge < -0.3 is 15.2 Å². The first-order valence-electron chi connectivity index (χ1n) is 5.30. The minimum Gasteiger partial charge on any atom is -0.492 e. The molecule has 17 heavy (non-hydrogen) atoms. The van der Waals surface area contributed by atoms with Crippen molar-refractivity contribution in [1.29, 1.82) is 0 Å². The lowest BCUT2D eigenvalue weighted by Gasteiger charge is -2.11. The molecule has 0 saturated carbocycles. The first kappa shape index (κ1) is 12.1. The second-order valence-electron chi connectivity index (χ2n) is 3.41. The number of nitrogens with one attached hydrogen (secondary N) is 1. The van der Waals surface area contributed by atoms with E-state index in [1.54, 1.807) is 0 Å². The van der Waals surface area contributed by atoms with Crippen molar-refractivity contribution in [3.8, 4) is 5.75 Å². The molecule has 1 aromatic carbocycles. The molecule has 1 aromatic rings. The second kappa shape index (κ2) is 5.79. The largest absolute Gasteiger partial charge is 0.492 e. The molecule has 92 valence electrons. The zero-order chi connectivity index (χ0) is 12.1. The van der Waals surface area contributed by atoms with Gasteiger partial charge in [0.05, 0.1) is 0 Å². The molecule has 5 nitrogen and oxygen atoms in total. The van der Waals surface area contributed by atoms with Crippen LogP contribution in [0.4, 0.5) is 0 Å². The maximum Gasteiger partial charge on any atom is 0.269 e. The molecule has 0 amide bonds. The predicted molar refractivity (Wildman–Crippen MR) is 68.9 cm³/mol. The van der Waals surface area contributed by atoms with Gasteiger partial charge in [-0.05, 0) is 30.5 Å². The Morgan fingerprint density at radius 1 is 1.47 bits per heavy atom. The lowest BCUT2D eigenvalue weighted by Crippen LogP contribution is -2.12. The third-order valence-corrected chi connectivity index (χ3v) is 2.77. The third-order valence-electron chi connectivity index (χ3n) is 2.24. The predicted octanol–water partition coefficient (Wildman–Crippen LogP) is 1.28. The van der Waals surface area contributed by atoms with Crippen LogP contribution in [-0.2, 0) is 4.74 Å². The summed E-state index contributed by atoms with van der Waals surface area (Å²) in [6.45, 7) is 1.04. The van der Waals surface area contributed by atoms with Crippen molar-refractivity contribution in [2.45, 2.75) is 6.23 Å². The van der Waals surface area contributed by atoms with Gasteiger partial charge in [-0.1, -0.05) is 11.8 Å². The van der Waals surface area contributed by atoms with Gasteiger partial charge in [0.1, 0.15) is 12.4 Å². The summed E-state index contributed by atoms with van der Waals surface area (Å²) in [6, 6.07) is 7.69. The normalized spacial score (nSPS) is 18.2. The minimum absolute atomic E-state index is 0.207. The molecule has 1 unspecified atom stereocenters. The van der Waals surface area contributed by atoms with E-state index < -0.39 is 0 Å². The number of nitrogens with zero attached hydrogens (tertiary/aromatic N) is 1. The summed E-state index contributed by atoms with van der Waals surface area (Å²) in [4.78, 5) is 0. The topological polar surface area (TPSA) is 68.9 Å². The summed E-state index contributed by atoms with van der Waals surface area (Å²) in [7, 11) is 0. The standard InChI is InChI=1S/C11H15N3O2S/c1-17-11-14-13-10(16-11)8-2-4-9(5-3-8)15-7-6-12/h2-5,10,13H,6-7,12H2,1H3. The Balaban J connectivity index is 1.95. The van der Waals surface area contributed by atoms with Gasteiger partial charge in [0, 0.05) is 12.1 Å². The average Bonchev–Trinajstić information content (AvgIpc) is 2.86. The fourth-order valence-corrected chi connectivity index (χ4v) is 1.75. The molecule has 1 aliphatic heterocycles. The molecule has 0 aromatic heterocycles. The quantitative estimate of drug-likeness (QED) is 0.846. The molecule has 0 fully saturated rings. The number of hydrogen-bond donors (Lipinski definition) is 2. The Bertz CT molecular complexity index is 394. The molecule has 0 aliphatic carbocycles. The van der Waals surface area contributed by atoms with E-state index in [1.165, 1.54) is 11.8 Å². The highest BCUT2D eigenvalue weighted by Crippen LogP contribution is 2.23. The lowest BCUT2D eigenvalue weighted by atomic mass is 10.2. The van der Waals surface area contributed by atoms with E-state index in [0.717, 1.165) is 11.3 Å². The summed E-state index contributed by atoms with van der Waals surface area (Å²) in [6.07, 6.45) is 1.72. The van der Waals surface area contributed by atoms with Crippen LogP contribution >= 0.6 is 11.8 Å². The molecular weight excluding hydrogens is 238 g/mol.